The average Bonchev–Trinajstić information content (AvgIpc) is 1.11. The van der Waals surface area contributed by atoms with Gasteiger partial charge in [0.15, 0.2) is 0 Å². The van der Waals surface area contributed by atoms with Gasteiger partial charge in [0.25, 0.3) is 30.4 Å². The summed E-state index contributed by atoms with van der Waals surface area (Å²) in [5.74, 6) is 18.5. The zero-order valence-electron chi connectivity index (χ0n) is 63.2. The molecule has 0 unspecified atom stereocenters. The molecule has 6 aromatic rings. The summed E-state index contributed by atoms with van der Waals surface area (Å²) in [5, 5.41) is 0. The quantitative estimate of drug-likeness (QED) is 0.00929. The monoisotopic (exact) mass is 1550 g/mol. The van der Waals surface area contributed by atoms with Crippen LogP contribution < -0.4 is 14.2 Å². The summed E-state index contributed by atoms with van der Waals surface area (Å²) in [6.45, 7) is 9.30. The summed E-state index contributed by atoms with van der Waals surface area (Å²) in [7, 11) is 3.85. The Hall–Kier alpha value is -8.91. The standard InChI is InChI=1S/C78H99N9O18S3/c1-85(2,43-13-49-106(91,92)93)40-10-46-103-70-28-22-61(23-29-70)16-19-64-52-67(79-73(55-64)76(88)100-7)58-82-34-36-83(59-68-53-65(56-74(80-68)77(89)101-8)20-17-62-24-30-71(31-25-62)104-47-11-41-86(3,4)44-14-50-107(94,95)96)38-39-84(37-35-82)60-69-54-66(57-75(81-69)78(90)102-9)21-18-63-26-32-72(33-27-63)105-48-12-42-87(5,6)45-15-51-108(97,98)99/h22-33,52-57H,10-15,34-51,58-60H2,1-9H3/p+3. The number of hydrogen-bond acceptors (Lipinski definition) is 21. The second-order valence-electron chi connectivity index (χ2n) is 28.5. The van der Waals surface area contributed by atoms with Crippen molar-refractivity contribution in [2.24, 2.45) is 0 Å². The first-order chi connectivity index (χ1) is 51.1. The first kappa shape index (κ1) is 86.3. The number of aromatic nitrogens is 3. The summed E-state index contributed by atoms with van der Waals surface area (Å²) >= 11 is 0. The summed E-state index contributed by atoms with van der Waals surface area (Å²) < 4.78 is 130. The molecule has 0 atom stereocenters. The molecular formula is C78H102N9O18S3+3. The van der Waals surface area contributed by atoms with Gasteiger partial charge in [0.1, 0.15) is 34.3 Å². The highest BCUT2D eigenvalue weighted by Crippen LogP contribution is 2.21. The Labute approximate surface area is 636 Å². The first-order valence-electron chi connectivity index (χ1n) is 35.6. The third-order valence-corrected chi connectivity index (χ3v) is 20.2. The maximum absolute atomic E-state index is 13.3. The molecule has 0 spiro atoms. The summed E-state index contributed by atoms with van der Waals surface area (Å²) in [6, 6.07) is 32.4. The number of rotatable bonds is 36. The van der Waals surface area contributed by atoms with Gasteiger partial charge in [-0.3, -0.25) is 28.4 Å². The van der Waals surface area contributed by atoms with Gasteiger partial charge in [-0.1, -0.05) is 35.5 Å². The van der Waals surface area contributed by atoms with Gasteiger partial charge in [0.2, 0.25) is 0 Å². The van der Waals surface area contributed by atoms with E-state index in [-0.39, 0.29) is 34.3 Å². The second-order valence-corrected chi connectivity index (χ2v) is 33.2. The predicted molar refractivity (Wildman–Crippen MR) is 409 cm³/mol. The average molecular weight is 1550 g/mol. The minimum absolute atomic E-state index is 0.0794. The number of benzene rings is 3. The number of ether oxygens (including phenoxy) is 6. The molecule has 0 saturated carbocycles. The Morgan fingerprint density at radius 2 is 0.583 bits per heavy atom. The van der Waals surface area contributed by atoms with Crippen molar-refractivity contribution in [3.63, 3.8) is 0 Å². The van der Waals surface area contributed by atoms with Gasteiger partial charge < -0.3 is 41.9 Å². The molecule has 3 aromatic heterocycles. The maximum Gasteiger partial charge on any atom is 0.356 e. The first-order valence-corrected chi connectivity index (χ1v) is 40.4. The topological polar surface area (TPSA) is 318 Å². The SMILES string of the molecule is COC(=O)c1cc(C#Cc2ccc(OCCC[N+](C)(C)CCCS(=O)(=O)O)cc2)cc(CN2CCN(Cc3cc(C#Cc4ccc(OCCC[N+](C)(C)CCCS(=O)(=O)O)cc4)cc(C(=O)OC)n3)CCN(Cc3cc(C#Cc4ccc(OCCC[N+](C)(C)CCCS(=O)(=O)O)cc4)cc(C(=O)OC)n3)CC2)n1. The lowest BCUT2D eigenvalue weighted by molar-refractivity contribution is -0.890. The molecule has 1 aliphatic rings. The third-order valence-electron chi connectivity index (χ3n) is 17.8. The van der Waals surface area contributed by atoms with Gasteiger partial charge in [-0.2, -0.15) is 25.3 Å². The van der Waals surface area contributed by atoms with Crippen LogP contribution in [0.2, 0.25) is 0 Å². The molecular weight excluding hydrogens is 1450 g/mol. The lowest BCUT2D eigenvalue weighted by Crippen LogP contribution is -2.42. The molecule has 108 heavy (non-hydrogen) atoms. The number of pyridine rings is 3. The number of nitrogens with zero attached hydrogens (tertiary/aromatic N) is 9. The minimum Gasteiger partial charge on any atom is -0.493 e. The van der Waals surface area contributed by atoms with E-state index in [0.717, 1.165) is 38.9 Å². The lowest BCUT2D eigenvalue weighted by Gasteiger charge is -2.29. The molecule has 1 aliphatic heterocycles. The van der Waals surface area contributed by atoms with Crippen molar-refractivity contribution in [3.05, 3.63) is 177 Å². The Balaban J connectivity index is 1.11. The van der Waals surface area contributed by atoms with Gasteiger partial charge >= 0.3 is 17.9 Å². The van der Waals surface area contributed by atoms with Crippen molar-refractivity contribution < 1.29 is 95.2 Å². The van der Waals surface area contributed by atoms with E-state index in [2.05, 4.69) is 50.2 Å². The number of methoxy groups -OCH3 is 3. The van der Waals surface area contributed by atoms with E-state index in [9.17, 15) is 39.6 Å². The van der Waals surface area contributed by atoms with E-state index in [0.29, 0.717) is 199 Å². The Kier molecular flexibility index (Phi) is 32.8. The highest BCUT2D eigenvalue weighted by atomic mass is 32.2. The van der Waals surface area contributed by atoms with Crippen LogP contribution in [0, 0.1) is 35.5 Å². The van der Waals surface area contributed by atoms with Gasteiger partial charge in [-0.05, 0) is 109 Å². The van der Waals surface area contributed by atoms with Gasteiger partial charge in [0, 0.05) is 131 Å². The second kappa shape index (κ2) is 41.0. The third kappa shape index (κ3) is 32.9. The van der Waals surface area contributed by atoms with Crippen LogP contribution in [0.1, 0.15) is 120 Å². The molecule has 4 heterocycles. The molecule has 0 amide bonds. The molecule has 27 nitrogen and oxygen atoms in total. The van der Waals surface area contributed by atoms with Crippen molar-refractivity contribution in [2.75, 3.05) is 179 Å². The van der Waals surface area contributed by atoms with Gasteiger partial charge in [0.05, 0.1) is 157 Å². The number of esters is 3. The van der Waals surface area contributed by atoms with Crippen LogP contribution in [0.25, 0.3) is 0 Å². The highest BCUT2D eigenvalue weighted by Gasteiger charge is 2.24. The number of carbonyl (C=O) groups is 3. The molecule has 1 saturated heterocycles. The van der Waals surface area contributed by atoms with Crippen molar-refractivity contribution in [1.82, 2.24) is 29.7 Å². The smallest absolute Gasteiger partial charge is 0.356 e. The van der Waals surface area contributed by atoms with Gasteiger partial charge in [-0.15, -0.1) is 0 Å². The summed E-state index contributed by atoms with van der Waals surface area (Å²) in [6.07, 6.45) is 3.19. The van der Waals surface area contributed by atoms with Gasteiger partial charge in [-0.25, -0.2) is 29.3 Å². The normalized spacial score (nSPS) is 13.6. The van der Waals surface area contributed by atoms with E-state index in [4.69, 9.17) is 57.0 Å². The van der Waals surface area contributed by atoms with E-state index < -0.39 is 48.3 Å². The molecule has 3 N–H and O–H groups in total. The van der Waals surface area contributed by atoms with Crippen LogP contribution in [0.5, 0.6) is 17.2 Å². The fraction of sp³-hybridized carbons (Fsp3) is 0.462. The molecule has 7 rings (SSSR count). The van der Waals surface area contributed by atoms with E-state index in [1.807, 2.05) is 133 Å². The fourth-order valence-corrected chi connectivity index (χ4v) is 13.4. The van der Waals surface area contributed by atoms with Crippen LogP contribution >= 0.6 is 0 Å². The van der Waals surface area contributed by atoms with Crippen LogP contribution in [-0.4, -0.2) is 279 Å². The minimum atomic E-state index is -4.01. The lowest BCUT2D eigenvalue weighted by atomic mass is 10.1. The predicted octanol–water partition coefficient (Wildman–Crippen LogP) is 6.62. The highest BCUT2D eigenvalue weighted by molar-refractivity contribution is 7.86. The molecule has 582 valence electrons. The number of carbonyl (C=O) groups excluding carboxylic acids is 3. The van der Waals surface area contributed by atoms with Crippen LogP contribution in [0.15, 0.2) is 109 Å². The van der Waals surface area contributed by atoms with E-state index in [1.54, 1.807) is 18.2 Å². The zero-order chi connectivity index (χ0) is 78.6. The van der Waals surface area contributed by atoms with Crippen molar-refractivity contribution in [1.29, 1.82) is 0 Å². The molecule has 3 aromatic carbocycles. The largest absolute Gasteiger partial charge is 0.493 e. The van der Waals surface area contributed by atoms with Crippen LogP contribution in [0.4, 0.5) is 0 Å². The summed E-state index contributed by atoms with van der Waals surface area (Å²) in [5.41, 5.74) is 5.62. The molecule has 0 aliphatic carbocycles. The molecule has 0 bridgehead atoms. The van der Waals surface area contributed by atoms with Crippen molar-refractivity contribution in [3.8, 4) is 52.8 Å². The maximum atomic E-state index is 13.3. The van der Waals surface area contributed by atoms with Crippen molar-refractivity contribution in [2.45, 2.75) is 58.2 Å². The molecule has 30 heteroatoms. The zero-order valence-corrected chi connectivity index (χ0v) is 65.6. The van der Waals surface area contributed by atoms with Crippen LogP contribution in [0.3, 0.4) is 0 Å². The van der Waals surface area contributed by atoms with Crippen molar-refractivity contribution >= 4 is 48.3 Å². The Morgan fingerprint density at radius 3 is 0.806 bits per heavy atom. The van der Waals surface area contributed by atoms with Crippen LogP contribution in [-0.2, 0) is 64.2 Å². The number of hydrogen-bond donors (Lipinski definition) is 3. The molecule has 0 radical (unpaired) electrons. The number of quaternary nitrogens is 3. The Morgan fingerprint density at radius 1 is 0.361 bits per heavy atom. The fourth-order valence-electron chi connectivity index (χ4n) is 11.9. The van der Waals surface area contributed by atoms with E-state index in [1.165, 1.54) is 21.3 Å². The Bertz CT molecular complexity index is 4100. The van der Waals surface area contributed by atoms with E-state index >= 15 is 0 Å². The molecule has 1 fully saturated rings. The summed E-state index contributed by atoms with van der Waals surface area (Å²) in [4.78, 5) is 60.9.